The Morgan fingerprint density at radius 2 is 1.74 bits per heavy atom. The summed E-state index contributed by atoms with van der Waals surface area (Å²) in [6.45, 7) is 1.78. The third-order valence-electron chi connectivity index (χ3n) is 2.50. The summed E-state index contributed by atoms with van der Waals surface area (Å²) in [5.41, 5.74) is 1.40. The van der Waals surface area contributed by atoms with Gasteiger partial charge in [-0.25, -0.2) is 4.39 Å². The van der Waals surface area contributed by atoms with E-state index in [-0.39, 0.29) is 11.3 Å². The zero-order chi connectivity index (χ0) is 14.0. The second-order valence-electron chi connectivity index (χ2n) is 4.06. The molecule has 0 saturated heterocycles. The van der Waals surface area contributed by atoms with Crippen molar-refractivity contribution >= 4 is 0 Å². The molecule has 2 aromatic rings. The Morgan fingerprint density at radius 3 is 2.42 bits per heavy atom. The molecular weight excluding hydrogens is 260 g/mol. The smallest absolute Gasteiger partial charge is 0.406 e. The van der Waals surface area contributed by atoms with Crippen LogP contribution in [-0.2, 0) is 0 Å². The number of halogens is 4. The van der Waals surface area contributed by atoms with Gasteiger partial charge in [-0.2, -0.15) is 0 Å². The molecule has 0 bridgehead atoms. The normalized spacial score (nSPS) is 11.4. The van der Waals surface area contributed by atoms with Crippen molar-refractivity contribution in [3.05, 3.63) is 53.8 Å². The minimum absolute atomic E-state index is 0.243. The van der Waals surface area contributed by atoms with Crippen molar-refractivity contribution in [3.63, 3.8) is 0 Å². The van der Waals surface area contributed by atoms with Gasteiger partial charge in [-0.15, -0.1) is 13.2 Å². The van der Waals surface area contributed by atoms with E-state index in [2.05, 4.69) is 4.74 Å². The first-order chi connectivity index (χ1) is 8.85. The van der Waals surface area contributed by atoms with Crippen LogP contribution in [0.1, 0.15) is 5.56 Å². The van der Waals surface area contributed by atoms with Crippen LogP contribution in [0, 0.1) is 12.7 Å². The number of hydrogen-bond donors (Lipinski definition) is 0. The molecule has 19 heavy (non-hydrogen) atoms. The van der Waals surface area contributed by atoms with Crippen LogP contribution in [0.5, 0.6) is 5.75 Å². The molecule has 100 valence electrons. The summed E-state index contributed by atoms with van der Waals surface area (Å²) in [5, 5.41) is 0. The zero-order valence-electron chi connectivity index (χ0n) is 9.96. The molecule has 0 aliphatic carbocycles. The molecule has 0 spiro atoms. The van der Waals surface area contributed by atoms with Gasteiger partial charge in [0.2, 0.25) is 0 Å². The maximum Gasteiger partial charge on any atom is 0.573 e. The summed E-state index contributed by atoms with van der Waals surface area (Å²) in [7, 11) is 0. The Hall–Kier alpha value is -2.04. The molecule has 0 unspecified atom stereocenters. The number of hydrogen-bond acceptors (Lipinski definition) is 1. The van der Waals surface area contributed by atoms with E-state index in [1.54, 1.807) is 19.1 Å². The minimum Gasteiger partial charge on any atom is -0.406 e. The second-order valence-corrected chi connectivity index (χ2v) is 4.06. The van der Waals surface area contributed by atoms with Gasteiger partial charge in [0, 0.05) is 5.56 Å². The zero-order valence-corrected chi connectivity index (χ0v) is 9.96. The molecule has 0 fully saturated rings. The van der Waals surface area contributed by atoms with E-state index in [0.717, 1.165) is 11.6 Å². The fourth-order valence-corrected chi connectivity index (χ4v) is 1.72. The van der Waals surface area contributed by atoms with Crippen LogP contribution < -0.4 is 4.74 Å². The van der Waals surface area contributed by atoms with Gasteiger partial charge in [0.25, 0.3) is 0 Å². The molecule has 2 rings (SSSR count). The summed E-state index contributed by atoms with van der Waals surface area (Å²) in [6, 6.07) is 9.69. The summed E-state index contributed by atoms with van der Waals surface area (Å²) in [5.74, 6) is -0.860. The van der Waals surface area contributed by atoms with Crippen LogP contribution >= 0.6 is 0 Å². The van der Waals surface area contributed by atoms with E-state index in [0.29, 0.717) is 5.56 Å². The second kappa shape index (κ2) is 4.91. The van der Waals surface area contributed by atoms with Crippen molar-refractivity contribution in [2.75, 3.05) is 0 Å². The van der Waals surface area contributed by atoms with Gasteiger partial charge in [0.15, 0.2) is 0 Å². The van der Waals surface area contributed by atoms with E-state index in [1.165, 1.54) is 24.3 Å². The van der Waals surface area contributed by atoms with Crippen molar-refractivity contribution in [2.24, 2.45) is 0 Å². The number of benzene rings is 2. The maximum atomic E-state index is 13.7. The Labute approximate surface area is 107 Å². The van der Waals surface area contributed by atoms with Crippen LogP contribution in [0.3, 0.4) is 0 Å². The molecule has 0 radical (unpaired) electrons. The molecule has 0 heterocycles. The van der Waals surface area contributed by atoms with E-state index in [9.17, 15) is 17.6 Å². The molecule has 0 amide bonds. The van der Waals surface area contributed by atoms with E-state index >= 15 is 0 Å². The highest BCUT2D eigenvalue weighted by Crippen LogP contribution is 2.29. The highest BCUT2D eigenvalue weighted by molar-refractivity contribution is 5.66. The lowest BCUT2D eigenvalue weighted by Crippen LogP contribution is -2.17. The topological polar surface area (TPSA) is 9.23 Å². The van der Waals surface area contributed by atoms with Crippen molar-refractivity contribution in [2.45, 2.75) is 13.3 Å². The molecule has 1 nitrogen and oxygen atoms in total. The average molecular weight is 270 g/mol. The van der Waals surface area contributed by atoms with Crippen LogP contribution in [0.2, 0.25) is 0 Å². The van der Waals surface area contributed by atoms with E-state index in [4.69, 9.17) is 0 Å². The van der Waals surface area contributed by atoms with Crippen LogP contribution in [0.4, 0.5) is 17.6 Å². The highest BCUT2D eigenvalue weighted by atomic mass is 19.4. The maximum absolute atomic E-state index is 13.7. The largest absolute Gasteiger partial charge is 0.573 e. The van der Waals surface area contributed by atoms with E-state index in [1.807, 2.05) is 0 Å². The fourth-order valence-electron chi connectivity index (χ4n) is 1.72. The lowest BCUT2D eigenvalue weighted by atomic mass is 10.0. The lowest BCUT2D eigenvalue weighted by Gasteiger charge is -2.10. The predicted octanol–water partition coefficient (Wildman–Crippen LogP) is 4.70. The monoisotopic (exact) mass is 270 g/mol. The summed E-state index contributed by atoms with van der Waals surface area (Å²) in [4.78, 5) is 0. The standard InChI is InChI=1S/C14H10F4O/c1-9-5-6-13(15)12(7-9)10-3-2-4-11(8-10)19-14(16,17)18/h2-8H,1H3. The quantitative estimate of drug-likeness (QED) is 0.719. The molecule has 0 atom stereocenters. The number of rotatable bonds is 2. The molecule has 2 aromatic carbocycles. The van der Waals surface area contributed by atoms with E-state index < -0.39 is 12.2 Å². The average Bonchev–Trinajstić information content (AvgIpc) is 2.30. The molecule has 0 aromatic heterocycles. The van der Waals surface area contributed by atoms with Crippen molar-refractivity contribution in [3.8, 4) is 16.9 Å². The Kier molecular flexibility index (Phi) is 3.46. The van der Waals surface area contributed by atoms with Gasteiger partial charge >= 0.3 is 6.36 Å². The minimum atomic E-state index is -4.76. The van der Waals surface area contributed by atoms with Crippen LogP contribution in [0.15, 0.2) is 42.5 Å². The Morgan fingerprint density at radius 1 is 1.00 bits per heavy atom. The van der Waals surface area contributed by atoms with Gasteiger partial charge in [0.1, 0.15) is 11.6 Å². The molecule has 0 aliphatic rings. The third-order valence-corrected chi connectivity index (χ3v) is 2.50. The predicted molar refractivity (Wildman–Crippen MR) is 63.3 cm³/mol. The van der Waals surface area contributed by atoms with Gasteiger partial charge in [-0.3, -0.25) is 0 Å². The van der Waals surface area contributed by atoms with Gasteiger partial charge < -0.3 is 4.74 Å². The van der Waals surface area contributed by atoms with Gasteiger partial charge in [-0.05, 0) is 36.8 Å². The summed E-state index contributed by atoms with van der Waals surface area (Å²) >= 11 is 0. The third kappa shape index (κ3) is 3.47. The van der Waals surface area contributed by atoms with Crippen molar-refractivity contribution in [1.82, 2.24) is 0 Å². The molecule has 5 heteroatoms. The lowest BCUT2D eigenvalue weighted by molar-refractivity contribution is -0.274. The molecule has 0 N–H and O–H groups in total. The summed E-state index contributed by atoms with van der Waals surface area (Å²) in [6.07, 6.45) is -4.76. The van der Waals surface area contributed by atoms with Crippen molar-refractivity contribution in [1.29, 1.82) is 0 Å². The Balaban J connectivity index is 2.40. The summed E-state index contributed by atoms with van der Waals surface area (Å²) < 4.78 is 53.8. The first-order valence-electron chi connectivity index (χ1n) is 5.47. The Bertz CT molecular complexity index is 590. The van der Waals surface area contributed by atoms with Crippen molar-refractivity contribution < 1.29 is 22.3 Å². The number of ether oxygens (including phenoxy) is 1. The van der Waals surface area contributed by atoms with Gasteiger partial charge in [0.05, 0.1) is 0 Å². The molecule has 0 saturated carbocycles. The number of aryl methyl sites for hydroxylation is 1. The SMILES string of the molecule is Cc1ccc(F)c(-c2cccc(OC(F)(F)F)c2)c1. The highest BCUT2D eigenvalue weighted by Gasteiger charge is 2.31. The van der Waals surface area contributed by atoms with Gasteiger partial charge in [-0.1, -0.05) is 23.8 Å². The van der Waals surface area contributed by atoms with Crippen LogP contribution in [0.25, 0.3) is 11.1 Å². The fraction of sp³-hybridized carbons (Fsp3) is 0.143. The number of alkyl halides is 3. The molecular formula is C14H10F4O. The van der Waals surface area contributed by atoms with Crippen LogP contribution in [-0.4, -0.2) is 6.36 Å². The first kappa shape index (κ1) is 13.4. The molecule has 0 aliphatic heterocycles. The first-order valence-corrected chi connectivity index (χ1v) is 5.47.